The molecule has 26 heavy (non-hydrogen) atoms. The number of rotatable bonds is 7. The molecular formula is C16H16ClN3O4S2. The molecule has 1 aromatic heterocycles. The van der Waals surface area contributed by atoms with Gasteiger partial charge in [-0.25, -0.2) is 4.79 Å². The number of carbonyl (C=O) groups excluding carboxylic acids is 3. The first-order valence-electron chi connectivity index (χ1n) is 7.40. The molecule has 1 aromatic carbocycles. The first-order chi connectivity index (χ1) is 12.3. The summed E-state index contributed by atoms with van der Waals surface area (Å²) in [5, 5.41) is 3.26. The van der Waals surface area contributed by atoms with Gasteiger partial charge in [-0.2, -0.15) is 0 Å². The minimum Gasteiger partial charge on any atom is -0.462 e. The van der Waals surface area contributed by atoms with Crippen LogP contribution in [0.1, 0.15) is 27.0 Å². The maximum atomic E-state index is 12.1. The van der Waals surface area contributed by atoms with Gasteiger partial charge in [0.2, 0.25) is 5.91 Å². The van der Waals surface area contributed by atoms with E-state index >= 15 is 0 Å². The molecular weight excluding hydrogens is 398 g/mol. The summed E-state index contributed by atoms with van der Waals surface area (Å²) in [5.74, 6) is -1.69. The number of hydrogen-bond donors (Lipinski definition) is 3. The molecule has 0 saturated heterocycles. The van der Waals surface area contributed by atoms with Crippen LogP contribution in [0.15, 0.2) is 28.5 Å². The summed E-state index contributed by atoms with van der Waals surface area (Å²) in [6.07, 6.45) is 0. The number of carbonyl (C=O) groups is 3. The number of thiophene rings is 1. The van der Waals surface area contributed by atoms with Crippen LogP contribution in [0.4, 0.5) is 11.4 Å². The molecule has 0 aliphatic rings. The Morgan fingerprint density at radius 2 is 1.92 bits per heavy atom. The van der Waals surface area contributed by atoms with E-state index in [-0.39, 0.29) is 34.4 Å². The van der Waals surface area contributed by atoms with Crippen LogP contribution in [-0.2, 0) is 9.53 Å². The van der Waals surface area contributed by atoms with Gasteiger partial charge in [0.05, 0.1) is 27.8 Å². The largest absolute Gasteiger partial charge is 0.462 e. The number of primary amides is 1. The van der Waals surface area contributed by atoms with E-state index in [0.717, 1.165) is 23.1 Å². The highest BCUT2D eigenvalue weighted by Gasteiger charge is 2.25. The maximum absolute atomic E-state index is 12.1. The molecule has 0 spiro atoms. The first kappa shape index (κ1) is 20.1. The van der Waals surface area contributed by atoms with E-state index in [2.05, 4.69) is 5.32 Å². The number of amides is 2. The minimum atomic E-state index is -0.769. The molecule has 0 aliphatic carbocycles. The molecule has 2 rings (SSSR count). The van der Waals surface area contributed by atoms with Crippen molar-refractivity contribution in [2.45, 2.75) is 11.1 Å². The van der Waals surface area contributed by atoms with E-state index in [9.17, 15) is 14.4 Å². The highest BCUT2D eigenvalue weighted by atomic mass is 35.5. The lowest BCUT2D eigenvalue weighted by molar-refractivity contribution is -0.113. The number of halogens is 1. The number of anilines is 2. The number of benzene rings is 1. The van der Waals surface area contributed by atoms with Crippen molar-refractivity contribution in [1.29, 1.82) is 0 Å². The van der Waals surface area contributed by atoms with Crippen molar-refractivity contribution in [3.05, 3.63) is 39.7 Å². The lowest BCUT2D eigenvalue weighted by Crippen LogP contribution is -2.16. The average molecular weight is 414 g/mol. The molecule has 5 N–H and O–H groups in total. The van der Waals surface area contributed by atoms with Crippen LogP contribution in [0.2, 0.25) is 5.02 Å². The zero-order valence-corrected chi connectivity index (χ0v) is 16.1. The topological polar surface area (TPSA) is 125 Å². The van der Waals surface area contributed by atoms with E-state index in [4.69, 9.17) is 27.8 Å². The summed E-state index contributed by atoms with van der Waals surface area (Å²) in [6, 6.07) is 6.64. The van der Waals surface area contributed by atoms with Crippen molar-refractivity contribution in [3.63, 3.8) is 0 Å². The van der Waals surface area contributed by atoms with Crippen molar-refractivity contribution in [1.82, 2.24) is 0 Å². The fourth-order valence-corrected chi connectivity index (χ4v) is 4.30. The Labute approximate surface area is 163 Å². The normalized spacial score (nSPS) is 10.4. The zero-order chi connectivity index (χ0) is 19.3. The number of nitrogens with one attached hydrogen (secondary N) is 1. The predicted octanol–water partition coefficient (Wildman–Crippen LogP) is 2.99. The predicted molar refractivity (Wildman–Crippen MR) is 104 cm³/mol. The van der Waals surface area contributed by atoms with Crippen LogP contribution in [0.5, 0.6) is 0 Å². The zero-order valence-electron chi connectivity index (χ0n) is 13.7. The monoisotopic (exact) mass is 413 g/mol. The third-order valence-electron chi connectivity index (χ3n) is 3.08. The number of esters is 1. The van der Waals surface area contributed by atoms with E-state index in [0.29, 0.717) is 14.9 Å². The van der Waals surface area contributed by atoms with Crippen LogP contribution >= 0.6 is 34.7 Å². The van der Waals surface area contributed by atoms with Gasteiger partial charge in [-0.05, 0) is 31.2 Å². The van der Waals surface area contributed by atoms with Crippen LogP contribution in [0.3, 0.4) is 0 Å². The van der Waals surface area contributed by atoms with Crippen molar-refractivity contribution >= 4 is 63.9 Å². The quantitative estimate of drug-likeness (QED) is 0.473. The van der Waals surface area contributed by atoms with E-state index in [1.165, 1.54) is 0 Å². The Bertz CT molecular complexity index is 837. The Morgan fingerprint density at radius 1 is 1.27 bits per heavy atom. The third kappa shape index (κ3) is 4.90. The highest BCUT2D eigenvalue weighted by Crippen LogP contribution is 2.38. The summed E-state index contributed by atoms with van der Waals surface area (Å²) < 4.78 is 5.30. The molecule has 2 aromatic rings. The molecule has 0 radical (unpaired) electrons. The van der Waals surface area contributed by atoms with Gasteiger partial charge in [0.15, 0.2) is 0 Å². The summed E-state index contributed by atoms with van der Waals surface area (Å²) in [5.41, 5.74) is 11.8. The lowest BCUT2D eigenvalue weighted by Gasteiger charge is -2.05. The standard InChI is InChI=1S/C16H16ClN3O4S2/c1-2-24-15(23)13-12(18)11(14(19)22)16(26-13)25-7-10(21)20-9-5-3-8(17)4-6-9/h3-6H,2,7,18H2,1H3,(H2,19,22)(H,20,21). The van der Waals surface area contributed by atoms with Gasteiger partial charge in [-0.1, -0.05) is 11.6 Å². The van der Waals surface area contributed by atoms with Gasteiger partial charge in [0.25, 0.3) is 5.91 Å². The molecule has 0 aliphatic heterocycles. The second kappa shape index (κ2) is 8.93. The molecule has 1 heterocycles. The molecule has 7 nitrogen and oxygen atoms in total. The molecule has 138 valence electrons. The summed E-state index contributed by atoms with van der Waals surface area (Å²) in [4.78, 5) is 35.8. The van der Waals surface area contributed by atoms with Crippen molar-refractivity contribution in [2.24, 2.45) is 5.73 Å². The average Bonchev–Trinajstić information content (AvgIpc) is 2.92. The number of hydrogen-bond acceptors (Lipinski definition) is 7. The first-order valence-corrected chi connectivity index (χ1v) is 9.58. The Morgan fingerprint density at radius 3 is 2.50 bits per heavy atom. The van der Waals surface area contributed by atoms with Gasteiger partial charge >= 0.3 is 5.97 Å². The fourth-order valence-electron chi connectivity index (χ4n) is 1.97. The molecule has 0 fully saturated rings. The van der Waals surface area contributed by atoms with Crippen LogP contribution in [-0.4, -0.2) is 30.1 Å². The van der Waals surface area contributed by atoms with Crippen molar-refractivity contribution in [3.8, 4) is 0 Å². The van der Waals surface area contributed by atoms with Crippen LogP contribution in [0, 0.1) is 0 Å². The van der Waals surface area contributed by atoms with E-state index in [1.807, 2.05) is 0 Å². The molecule has 0 saturated carbocycles. The number of ether oxygens (including phenoxy) is 1. The van der Waals surface area contributed by atoms with Gasteiger partial charge < -0.3 is 21.5 Å². The van der Waals surface area contributed by atoms with Crippen molar-refractivity contribution in [2.75, 3.05) is 23.4 Å². The maximum Gasteiger partial charge on any atom is 0.350 e. The summed E-state index contributed by atoms with van der Waals surface area (Å²) in [7, 11) is 0. The number of thioether (sulfide) groups is 1. The van der Waals surface area contributed by atoms with Gasteiger partial charge in [-0.15, -0.1) is 23.1 Å². The third-order valence-corrected chi connectivity index (χ3v) is 5.79. The second-order valence-electron chi connectivity index (χ2n) is 4.94. The molecule has 0 bridgehead atoms. The van der Waals surface area contributed by atoms with Gasteiger partial charge in [-0.3, -0.25) is 9.59 Å². The smallest absolute Gasteiger partial charge is 0.350 e. The molecule has 0 atom stereocenters. The highest BCUT2D eigenvalue weighted by molar-refractivity contribution is 8.01. The van der Waals surface area contributed by atoms with E-state index < -0.39 is 11.9 Å². The van der Waals surface area contributed by atoms with Gasteiger partial charge in [0.1, 0.15) is 4.88 Å². The van der Waals surface area contributed by atoms with Gasteiger partial charge in [0, 0.05) is 10.7 Å². The molecule has 0 unspecified atom stereocenters. The Balaban J connectivity index is 2.11. The van der Waals surface area contributed by atoms with Crippen LogP contribution in [0.25, 0.3) is 0 Å². The lowest BCUT2D eigenvalue weighted by atomic mass is 10.2. The Kier molecular flexibility index (Phi) is 6.90. The SMILES string of the molecule is CCOC(=O)c1sc(SCC(=O)Nc2ccc(Cl)cc2)c(C(N)=O)c1N. The summed E-state index contributed by atoms with van der Waals surface area (Å²) in [6.45, 7) is 1.83. The number of nitrogens with two attached hydrogens (primary N) is 2. The van der Waals surface area contributed by atoms with Crippen molar-refractivity contribution < 1.29 is 19.1 Å². The fraction of sp³-hybridized carbons (Fsp3) is 0.188. The summed E-state index contributed by atoms with van der Waals surface area (Å²) >= 11 is 7.84. The molecule has 10 heteroatoms. The minimum absolute atomic E-state index is 0.00508. The second-order valence-corrected chi connectivity index (χ2v) is 7.64. The van der Waals surface area contributed by atoms with Crippen LogP contribution < -0.4 is 16.8 Å². The molecule has 2 amide bonds. The number of nitrogen functional groups attached to an aromatic ring is 1. The van der Waals surface area contributed by atoms with E-state index in [1.54, 1.807) is 31.2 Å². The Hall–Kier alpha value is -2.23.